The van der Waals surface area contributed by atoms with Crippen LogP contribution in [0.4, 0.5) is 0 Å². The molecule has 0 radical (unpaired) electrons. The van der Waals surface area contributed by atoms with Gasteiger partial charge in [0.25, 0.3) is 5.91 Å². The number of pyridine rings is 1. The number of halogens is 1. The smallest absolute Gasteiger partial charge is 0.254 e. The van der Waals surface area contributed by atoms with E-state index in [1.165, 1.54) is 0 Å². The van der Waals surface area contributed by atoms with Crippen LogP contribution in [-0.4, -0.2) is 40.6 Å². The lowest BCUT2D eigenvalue weighted by molar-refractivity contribution is 0.0653. The quantitative estimate of drug-likeness (QED) is 0.869. The highest BCUT2D eigenvalue weighted by molar-refractivity contribution is 6.29. The SMILES string of the molecule is CCc1cc(C(=O)N2CCCC(CCO)C2)cc(Cl)n1. The highest BCUT2D eigenvalue weighted by Gasteiger charge is 2.24. The number of nitrogens with zero attached hydrogens (tertiary/aromatic N) is 2. The monoisotopic (exact) mass is 296 g/mol. The van der Waals surface area contributed by atoms with Gasteiger partial charge in [0.05, 0.1) is 0 Å². The Hall–Kier alpha value is -1.13. The molecule has 2 heterocycles. The Bertz CT molecular complexity index is 477. The summed E-state index contributed by atoms with van der Waals surface area (Å²) in [7, 11) is 0. The molecule has 1 aliphatic heterocycles. The molecular weight excluding hydrogens is 276 g/mol. The molecule has 2 rings (SSSR count). The molecule has 1 saturated heterocycles. The van der Waals surface area contributed by atoms with Crippen molar-refractivity contribution in [2.45, 2.75) is 32.6 Å². The largest absolute Gasteiger partial charge is 0.396 e. The first-order valence-electron chi connectivity index (χ1n) is 7.20. The molecule has 110 valence electrons. The Morgan fingerprint density at radius 1 is 1.55 bits per heavy atom. The third-order valence-electron chi connectivity index (χ3n) is 3.80. The first-order valence-corrected chi connectivity index (χ1v) is 7.58. The summed E-state index contributed by atoms with van der Waals surface area (Å²) in [4.78, 5) is 18.6. The minimum absolute atomic E-state index is 0.0200. The summed E-state index contributed by atoms with van der Waals surface area (Å²) in [5.74, 6) is 0.423. The molecule has 1 amide bonds. The van der Waals surface area contributed by atoms with Crippen LogP contribution in [0.15, 0.2) is 12.1 Å². The lowest BCUT2D eigenvalue weighted by Crippen LogP contribution is -2.40. The second-order valence-electron chi connectivity index (χ2n) is 5.30. The number of amides is 1. The minimum atomic E-state index is 0.0200. The van der Waals surface area contributed by atoms with Crippen molar-refractivity contribution in [1.29, 1.82) is 0 Å². The summed E-state index contributed by atoms with van der Waals surface area (Å²) in [6.07, 6.45) is 3.60. The van der Waals surface area contributed by atoms with Gasteiger partial charge in [-0.25, -0.2) is 4.98 Å². The van der Waals surface area contributed by atoms with E-state index in [1.807, 2.05) is 17.9 Å². The zero-order chi connectivity index (χ0) is 14.5. The average molecular weight is 297 g/mol. The van der Waals surface area contributed by atoms with E-state index < -0.39 is 0 Å². The van der Waals surface area contributed by atoms with Gasteiger partial charge in [0.2, 0.25) is 0 Å². The summed E-state index contributed by atoms with van der Waals surface area (Å²) >= 11 is 5.98. The van der Waals surface area contributed by atoms with E-state index in [1.54, 1.807) is 6.07 Å². The van der Waals surface area contributed by atoms with E-state index in [2.05, 4.69) is 4.98 Å². The molecule has 1 N–H and O–H groups in total. The molecular formula is C15H21ClN2O2. The van der Waals surface area contributed by atoms with Crippen LogP contribution in [0.3, 0.4) is 0 Å². The maximum atomic E-state index is 12.5. The Kier molecular flexibility index (Phi) is 5.38. The number of likely N-dealkylation sites (tertiary alicyclic amines) is 1. The normalized spacial score (nSPS) is 19.1. The molecule has 1 fully saturated rings. The van der Waals surface area contributed by atoms with Crippen molar-refractivity contribution in [3.63, 3.8) is 0 Å². The van der Waals surface area contributed by atoms with Crippen molar-refractivity contribution in [2.24, 2.45) is 5.92 Å². The van der Waals surface area contributed by atoms with Crippen LogP contribution < -0.4 is 0 Å². The van der Waals surface area contributed by atoms with Crippen LogP contribution in [0.5, 0.6) is 0 Å². The van der Waals surface area contributed by atoms with Gasteiger partial charge in [-0.1, -0.05) is 18.5 Å². The lowest BCUT2D eigenvalue weighted by Gasteiger charge is -2.32. The highest BCUT2D eigenvalue weighted by atomic mass is 35.5. The molecule has 1 aromatic heterocycles. The van der Waals surface area contributed by atoms with Gasteiger partial charge in [-0.3, -0.25) is 4.79 Å². The van der Waals surface area contributed by atoms with Crippen LogP contribution in [-0.2, 0) is 6.42 Å². The van der Waals surface area contributed by atoms with Crippen molar-refractivity contribution in [3.05, 3.63) is 28.5 Å². The maximum Gasteiger partial charge on any atom is 0.254 e. The van der Waals surface area contributed by atoms with Crippen LogP contribution in [0.2, 0.25) is 5.15 Å². The summed E-state index contributed by atoms with van der Waals surface area (Å²) < 4.78 is 0. The number of hydrogen-bond donors (Lipinski definition) is 1. The number of aromatic nitrogens is 1. The number of aliphatic hydroxyl groups is 1. The van der Waals surface area contributed by atoms with E-state index in [0.29, 0.717) is 16.6 Å². The van der Waals surface area contributed by atoms with Crippen LogP contribution in [0.25, 0.3) is 0 Å². The Morgan fingerprint density at radius 2 is 2.35 bits per heavy atom. The summed E-state index contributed by atoms with van der Waals surface area (Å²) in [6.45, 7) is 3.68. The second kappa shape index (κ2) is 7.04. The number of aryl methyl sites for hydroxylation is 1. The summed E-state index contributed by atoms with van der Waals surface area (Å²) in [6, 6.07) is 3.46. The first kappa shape index (κ1) is 15.3. The number of carbonyl (C=O) groups excluding carboxylic acids is 1. The van der Waals surface area contributed by atoms with Crippen molar-refractivity contribution in [1.82, 2.24) is 9.88 Å². The number of rotatable bonds is 4. The average Bonchev–Trinajstić information content (AvgIpc) is 2.46. The topological polar surface area (TPSA) is 53.4 Å². The molecule has 0 spiro atoms. The summed E-state index contributed by atoms with van der Waals surface area (Å²) in [5.41, 5.74) is 1.45. The lowest BCUT2D eigenvalue weighted by atomic mass is 9.94. The zero-order valence-corrected chi connectivity index (χ0v) is 12.6. The van der Waals surface area contributed by atoms with Gasteiger partial charge in [-0.2, -0.15) is 0 Å². The molecule has 5 heteroatoms. The zero-order valence-electron chi connectivity index (χ0n) is 11.8. The van der Waals surface area contributed by atoms with Crippen LogP contribution in [0.1, 0.15) is 42.2 Å². The molecule has 20 heavy (non-hydrogen) atoms. The Labute approximate surface area is 124 Å². The molecule has 0 aliphatic carbocycles. The molecule has 1 aromatic rings. The molecule has 1 unspecified atom stereocenters. The molecule has 0 aromatic carbocycles. The van der Waals surface area contributed by atoms with Gasteiger partial charge in [0, 0.05) is 31.0 Å². The van der Waals surface area contributed by atoms with Crippen molar-refractivity contribution < 1.29 is 9.90 Å². The number of hydrogen-bond acceptors (Lipinski definition) is 3. The number of piperidine rings is 1. The number of aliphatic hydroxyl groups excluding tert-OH is 1. The van der Waals surface area contributed by atoms with E-state index in [4.69, 9.17) is 16.7 Å². The van der Waals surface area contributed by atoms with Crippen LogP contribution in [0, 0.1) is 5.92 Å². The van der Waals surface area contributed by atoms with Gasteiger partial charge < -0.3 is 10.0 Å². The predicted molar refractivity (Wildman–Crippen MR) is 79.0 cm³/mol. The minimum Gasteiger partial charge on any atom is -0.396 e. The highest BCUT2D eigenvalue weighted by Crippen LogP contribution is 2.22. The molecule has 1 aliphatic rings. The summed E-state index contributed by atoms with van der Waals surface area (Å²) in [5, 5.41) is 9.41. The fourth-order valence-corrected chi connectivity index (χ4v) is 2.93. The van der Waals surface area contributed by atoms with Crippen molar-refractivity contribution in [3.8, 4) is 0 Å². The first-order chi connectivity index (χ1) is 9.63. The third kappa shape index (κ3) is 3.70. The van der Waals surface area contributed by atoms with E-state index in [9.17, 15) is 4.79 Å². The fourth-order valence-electron chi connectivity index (χ4n) is 2.71. The van der Waals surface area contributed by atoms with Crippen molar-refractivity contribution in [2.75, 3.05) is 19.7 Å². The van der Waals surface area contributed by atoms with E-state index >= 15 is 0 Å². The standard InChI is InChI=1S/C15H21ClN2O2/c1-2-13-8-12(9-14(16)17-13)15(20)18-6-3-4-11(10-18)5-7-19/h8-9,11,19H,2-7,10H2,1H3. The molecule has 0 saturated carbocycles. The number of carbonyl (C=O) groups is 1. The molecule has 4 nitrogen and oxygen atoms in total. The Morgan fingerprint density at radius 3 is 3.05 bits per heavy atom. The third-order valence-corrected chi connectivity index (χ3v) is 3.99. The van der Waals surface area contributed by atoms with Crippen LogP contribution >= 0.6 is 11.6 Å². The fraction of sp³-hybridized carbons (Fsp3) is 0.600. The van der Waals surface area contributed by atoms with E-state index in [0.717, 1.165) is 44.5 Å². The van der Waals surface area contributed by atoms with Gasteiger partial charge in [0.1, 0.15) is 5.15 Å². The van der Waals surface area contributed by atoms with Gasteiger partial charge in [-0.05, 0) is 43.7 Å². The Balaban J connectivity index is 2.12. The van der Waals surface area contributed by atoms with Gasteiger partial charge in [-0.15, -0.1) is 0 Å². The van der Waals surface area contributed by atoms with Gasteiger partial charge in [0.15, 0.2) is 0 Å². The molecule has 1 atom stereocenters. The van der Waals surface area contributed by atoms with Gasteiger partial charge >= 0.3 is 0 Å². The second-order valence-corrected chi connectivity index (χ2v) is 5.68. The van der Waals surface area contributed by atoms with E-state index in [-0.39, 0.29) is 12.5 Å². The maximum absolute atomic E-state index is 12.5. The van der Waals surface area contributed by atoms with Crippen molar-refractivity contribution >= 4 is 17.5 Å². The molecule has 0 bridgehead atoms. The predicted octanol–water partition coefficient (Wildman–Crippen LogP) is 2.53.